The molecule has 20 heavy (non-hydrogen) atoms. The highest BCUT2D eigenvalue weighted by molar-refractivity contribution is 5.15. The fourth-order valence-electron chi connectivity index (χ4n) is 3.19. The van der Waals surface area contributed by atoms with Gasteiger partial charge in [-0.2, -0.15) is 5.10 Å². The molecule has 0 saturated carbocycles. The average Bonchev–Trinajstić information content (AvgIpc) is 2.75. The number of piperidine rings is 1. The summed E-state index contributed by atoms with van der Waals surface area (Å²) in [4.78, 5) is 2.49. The van der Waals surface area contributed by atoms with Gasteiger partial charge in [-0.3, -0.25) is 9.58 Å². The molecule has 1 saturated heterocycles. The number of unbranched alkanes of at least 4 members (excludes halogenated alkanes) is 1. The van der Waals surface area contributed by atoms with E-state index >= 15 is 0 Å². The molecule has 0 unspecified atom stereocenters. The van der Waals surface area contributed by atoms with E-state index in [0.717, 1.165) is 51.0 Å². The van der Waals surface area contributed by atoms with Crippen molar-refractivity contribution in [2.24, 2.45) is 13.0 Å². The lowest BCUT2D eigenvalue weighted by Gasteiger charge is -2.34. The fraction of sp³-hybridized carbons (Fsp3) is 0.812. The Balaban J connectivity index is 1.78. The van der Waals surface area contributed by atoms with Crippen molar-refractivity contribution in [3.05, 3.63) is 17.5 Å². The first-order valence-corrected chi connectivity index (χ1v) is 7.99. The summed E-state index contributed by atoms with van der Waals surface area (Å²) in [7, 11) is 1.98. The van der Waals surface area contributed by atoms with Crippen LogP contribution in [0.2, 0.25) is 0 Å². The van der Waals surface area contributed by atoms with E-state index in [-0.39, 0.29) is 6.10 Å². The third kappa shape index (κ3) is 4.06. The molecule has 2 rings (SSSR count). The average molecular weight is 279 g/mol. The maximum absolute atomic E-state index is 10.2. The third-order valence-electron chi connectivity index (χ3n) is 4.54. The Hall–Kier alpha value is -0.870. The topological polar surface area (TPSA) is 41.3 Å². The largest absolute Gasteiger partial charge is 0.393 e. The molecule has 1 N–H and O–H groups in total. The van der Waals surface area contributed by atoms with Crippen LogP contribution in [0.1, 0.15) is 50.3 Å². The van der Waals surface area contributed by atoms with E-state index in [4.69, 9.17) is 0 Å². The van der Waals surface area contributed by atoms with Gasteiger partial charge in [0.05, 0.1) is 11.8 Å². The van der Waals surface area contributed by atoms with Gasteiger partial charge in [-0.15, -0.1) is 0 Å². The highest BCUT2D eigenvalue weighted by Crippen LogP contribution is 2.24. The Morgan fingerprint density at radius 2 is 2.10 bits per heavy atom. The van der Waals surface area contributed by atoms with Crippen molar-refractivity contribution in [2.75, 3.05) is 13.1 Å². The minimum Gasteiger partial charge on any atom is -0.393 e. The van der Waals surface area contributed by atoms with E-state index in [9.17, 15) is 5.11 Å². The van der Waals surface area contributed by atoms with Crippen LogP contribution in [0.3, 0.4) is 0 Å². The van der Waals surface area contributed by atoms with Gasteiger partial charge in [-0.05, 0) is 45.2 Å². The molecule has 1 aliphatic heterocycles. The van der Waals surface area contributed by atoms with Gasteiger partial charge in [-0.1, -0.05) is 19.8 Å². The number of aliphatic hydroxyl groups excluding tert-OH is 1. The van der Waals surface area contributed by atoms with Gasteiger partial charge in [-0.25, -0.2) is 0 Å². The summed E-state index contributed by atoms with van der Waals surface area (Å²) in [5.74, 6) is 0.507. The molecule has 0 spiro atoms. The Morgan fingerprint density at radius 1 is 1.40 bits per heavy atom. The van der Waals surface area contributed by atoms with Crippen molar-refractivity contribution in [3.8, 4) is 0 Å². The molecule has 1 aliphatic rings. The van der Waals surface area contributed by atoms with Crippen LogP contribution in [-0.4, -0.2) is 39.0 Å². The third-order valence-corrected chi connectivity index (χ3v) is 4.54. The molecule has 4 nitrogen and oxygen atoms in total. The highest BCUT2D eigenvalue weighted by Gasteiger charge is 2.25. The Labute approximate surface area is 122 Å². The summed E-state index contributed by atoms with van der Waals surface area (Å²) >= 11 is 0. The first-order valence-electron chi connectivity index (χ1n) is 7.99. The van der Waals surface area contributed by atoms with E-state index in [0.29, 0.717) is 5.92 Å². The van der Waals surface area contributed by atoms with Gasteiger partial charge < -0.3 is 5.11 Å². The van der Waals surface area contributed by atoms with Crippen molar-refractivity contribution in [1.82, 2.24) is 14.7 Å². The number of hydrogen-bond donors (Lipinski definition) is 1. The molecular formula is C16H29N3O. The number of rotatable bonds is 6. The smallest absolute Gasteiger partial charge is 0.0638 e. The quantitative estimate of drug-likeness (QED) is 0.870. The number of aryl methyl sites for hydroxylation is 2. The summed E-state index contributed by atoms with van der Waals surface area (Å²) in [5.41, 5.74) is 2.47. The van der Waals surface area contributed by atoms with Crippen LogP contribution in [0.5, 0.6) is 0 Å². The maximum Gasteiger partial charge on any atom is 0.0638 e. The molecule has 0 aromatic carbocycles. The molecule has 0 amide bonds. The molecule has 114 valence electrons. The summed E-state index contributed by atoms with van der Waals surface area (Å²) in [6.07, 6.45) is 7.60. The zero-order valence-corrected chi connectivity index (χ0v) is 13.2. The monoisotopic (exact) mass is 279 g/mol. The Kier molecular flexibility index (Phi) is 5.61. The summed E-state index contributed by atoms with van der Waals surface area (Å²) < 4.78 is 1.89. The minimum atomic E-state index is -0.0859. The van der Waals surface area contributed by atoms with Gasteiger partial charge in [0.2, 0.25) is 0 Å². The van der Waals surface area contributed by atoms with Gasteiger partial charge in [0.15, 0.2) is 0 Å². The Morgan fingerprint density at radius 3 is 2.65 bits per heavy atom. The number of aromatic nitrogens is 2. The second-order valence-electron chi connectivity index (χ2n) is 6.24. The number of nitrogens with zero attached hydrogens (tertiary/aromatic N) is 3. The maximum atomic E-state index is 10.2. The lowest BCUT2D eigenvalue weighted by molar-refractivity contribution is 0.0502. The van der Waals surface area contributed by atoms with Crippen LogP contribution in [0.15, 0.2) is 6.20 Å². The SMILES string of the molecule is CCCC[C@@H](O)C1CCN(Cc2cn(C)nc2C)CC1. The van der Waals surface area contributed by atoms with Crippen molar-refractivity contribution < 1.29 is 5.11 Å². The van der Waals surface area contributed by atoms with Crippen LogP contribution >= 0.6 is 0 Å². The molecule has 1 aromatic heterocycles. The fourth-order valence-corrected chi connectivity index (χ4v) is 3.19. The van der Waals surface area contributed by atoms with Crippen molar-refractivity contribution in [2.45, 2.75) is 58.6 Å². The van der Waals surface area contributed by atoms with Crippen LogP contribution in [0.4, 0.5) is 0 Å². The standard InChI is InChI=1S/C16H29N3O/c1-4-5-6-16(20)14-7-9-19(10-8-14)12-15-11-18(3)17-13(15)2/h11,14,16,20H,4-10,12H2,1-3H3/t16-/m1/s1. The lowest BCUT2D eigenvalue weighted by Crippen LogP contribution is -2.37. The normalized spacial score (nSPS) is 19.4. The molecule has 0 bridgehead atoms. The molecular weight excluding hydrogens is 250 g/mol. The lowest BCUT2D eigenvalue weighted by atomic mass is 9.88. The molecule has 0 aliphatic carbocycles. The zero-order valence-electron chi connectivity index (χ0n) is 13.2. The predicted octanol–water partition coefficient (Wildman–Crippen LogP) is 2.49. The second kappa shape index (κ2) is 7.23. The second-order valence-corrected chi connectivity index (χ2v) is 6.24. The van der Waals surface area contributed by atoms with Gasteiger partial charge in [0.25, 0.3) is 0 Å². The van der Waals surface area contributed by atoms with E-state index in [1.54, 1.807) is 0 Å². The highest BCUT2D eigenvalue weighted by atomic mass is 16.3. The molecule has 1 atom stereocenters. The minimum absolute atomic E-state index is 0.0859. The van der Waals surface area contributed by atoms with Crippen LogP contribution in [0, 0.1) is 12.8 Å². The van der Waals surface area contributed by atoms with E-state index < -0.39 is 0 Å². The molecule has 4 heteroatoms. The summed E-state index contributed by atoms with van der Waals surface area (Å²) in [6.45, 7) is 7.46. The van der Waals surface area contributed by atoms with Crippen LogP contribution < -0.4 is 0 Å². The van der Waals surface area contributed by atoms with Gasteiger partial charge >= 0.3 is 0 Å². The van der Waals surface area contributed by atoms with Crippen LogP contribution in [-0.2, 0) is 13.6 Å². The molecule has 0 radical (unpaired) electrons. The Bertz CT molecular complexity index is 408. The van der Waals surface area contributed by atoms with Gasteiger partial charge in [0.1, 0.15) is 0 Å². The summed E-state index contributed by atoms with van der Waals surface area (Å²) in [5, 5.41) is 14.6. The van der Waals surface area contributed by atoms with E-state index in [1.807, 2.05) is 11.7 Å². The molecule has 1 aromatic rings. The first-order chi connectivity index (χ1) is 9.60. The van der Waals surface area contributed by atoms with Crippen molar-refractivity contribution in [3.63, 3.8) is 0 Å². The van der Waals surface area contributed by atoms with Crippen LogP contribution in [0.25, 0.3) is 0 Å². The van der Waals surface area contributed by atoms with E-state index in [2.05, 4.69) is 30.0 Å². The van der Waals surface area contributed by atoms with Crippen molar-refractivity contribution in [1.29, 1.82) is 0 Å². The first kappa shape index (κ1) is 15.5. The number of hydrogen-bond acceptors (Lipinski definition) is 3. The number of aliphatic hydroxyl groups is 1. The summed E-state index contributed by atoms with van der Waals surface area (Å²) in [6, 6.07) is 0. The predicted molar refractivity (Wildman–Crippen MR) is 81.5 cm³/mol. The van der Waals surface area contributed by atoms with E-state index in [1.165, 1.54) is 12.0 Å². The molecule has 2 heterocycles. The molecule has 1 fully saturated rings. The van der Waals surface area contributed by atoms with Gasteiger partial charge in [0, 0.05) is 25.4 Å². The van der Waals surface area contributed by atoms with Crippen molar-refractivity contribution >= 4 is 0 Å². The zero-order chi connectivity index (χ0) is 14.5. The number of likely N-dealkylation sites (tertiary alicyclic amines) is 1.